The first-order valence-corrected chi connectivity index (χ1v) is 11.8. The van der Waals surface area contributed by atoms with Crippen LogP contribution in [-0.2, 0) is 6.42 Å². The van der Waals surface area contributed by atoms with E-state index in [1.165, 1.54) is 18.2 Å². The highest BCUT2D eigenvalue weighted by molar-refractivity contribution is 6.07. The van der Waals surface area contributed by atoms with E-state index in [0.717, 1.165) is 31.5 Å². The van der Waals surface area contributed by atoms with Crippen molar-refractivity contribution in [2.24, 2.45) is 0 Å². The van der Waals surface area contributed by atoms with Crippen LogP contribution in [-0.4, -0.2) is 48.0 Å². The minimum absolute atomic E-state index is 0.122. The summed E-state index contributed by atoms with van der Waals surface area (Å²) in [5.41, 5.74) is 1.20. The predicted molar refractivity (Wildman–Crippen MR) is 131 cm³/mol. The Balaban J connectivity index is 1.49. The molecule has 190 valence electrons. The molecular formula is C26H28F3N5O2. The highest BCUT2D eigenvalue weighted by Crippen LogP contribution is 2.32. The van der Waals surface area contributed by atoms with Gasteiger partial charge in [-0.1, -0.05) is 6.07 Å². The van der Waals surface area contributed by atoms with Gasteiger partial charge in [-0.25, -0.2) is 18.2 Å². The van der Waals surface area contributed by atoms with Gasteiger partial charge in [0.1, 0.15) is 17.7 Å². The van der Waals surface area contributed by atoms with Crippen LogP contribution in [0.4, 0.5) is 24.7 Å². The van der Waals surface area contributed by atoms with E-state index < -0.39 is 18.5 Å². The summed E-state index contributed by atoms with van der Waals surface area (Å²) in [5.74, 6) is 0.0978. The molecule has 1 aromatic carbocycles. The van der Waals surface area contributed by atoms with Crippen LogP contribution in [0, 0.1) is 0 Å². The van der Waals surface area contributed by atoms with Crippen LogP contribution in [0.15, 0.2) is 61.1 Å². The quantitative estimate of drug-likeness (QED) is 0.372. The molecule has 0 bridgehead atoms. The average molecular weight is 500 g/mol. The number of hydrogen-bond donors (Lipinski definition) is 3. The van der Waals surface area contributed by atoms with Crippen molar-refractivity contribution in [1.29, 1.82) is 0 Å². The molecule has 0 spiro atoms. The van der Waals surface area contributed by atoms with E-state index in [0.29, 0.717) is 18.8 Å². The van der Waals surface area contributed by atoms with Crippen molar-refractivity contribution in [2.75, 3.05) is 30.3 Å². The SMILES string of the molecule is O=C(Nc1cc(OC2CCNCC2)cc(C(F)C(F)F)c1)c1cccnc1NCCc1cccnc1. The summed E-state index contributed by atoms with van der Waals surface area (Å²) in [6.45, 7) is 2.06. The molecule has 3 heterocycles. The lowest BCUT2D eigenvalue weighted by Crippen LogP contribution is -2.34. The number of rotatable bonds is 10. The van der Waals surface area contributed by atoms with Crippen LogP contribution >= 0.6 is 0 Å². The van der Waals surface area contributed by atoms with Crippen LogP contribution < -0.4 is 20.7 Å². The van der Waals surface area contributed by atoms with Crippen molar-refractivity contribution in [3.63, 3.8) is 0 Å². The standard InChI is InChI=1S/C26H28F3N5O2/c27-23(24(28)29)18-13-19(15-21(14-18)36-20-6-10-30-11-7-20)34-26(35)22-4-2-9-32-25(22)33-12-5-17-3-1-8-31-16-17/h1-4,8-9,13-16,20,23-24,30H,5-7,10-12H2,(H,32,33)(H,34,35). The Labute approximate surface area is 207 Å². The van der Waals surface area contributed by atoms with E-state index in [1.807, 2.05) is 12.1 Å². The number of anilines is 2. The first kappa shape index (κ1) is 25.4. The molecule has 4 rings (SSSR count). The Morgan fingerprint density at radius 3 is 2.67 bits per heavy atom. The minimum atomic E-state index is -3.20. The van der Waals surface area contributed by atoms with E-state index in [9.17, 15) is 18.0 Å². The lowest BCUT2D eigenvalue weighted by Gasteiger charge is -2.24. The Hall–Kier alpha value is -3.66. The number of aromatic nitrogens is 2. The van der Waals surface area contributed by atoms with Crippen LogP contribution in [0.5, 0.6) is 5.75 Å². The maximum absolute atomic E-state index is 14.2. The molecule has 1 unspecified atom stereocenters. The number of ether oxygens (including phenoxy) is 1. The number of carbonyl (C=O) groups excluding carboxylic acids is 1. The normalized spacial score (nSPS) is 14.9. The molecule has 1 aliphatic heterocycles. The third kappa shape index (κ3) is 6.94. The van der Waals surface area contributed by atoms with Crippen molar-refractivity contribution >= 4 is 17.4 Å². The molecule has 1 amide bonds. The van der Waals surface area contributed by atoms with E-state index >= 15 is 0 Å². The number of benzene rings is 1. The molecular weight excluding hydrogens is 471 g/mol. The molecule has 0 saturated carbocycles. The Kier molecular flexibility index (Phi) is 8.72. The van der Waals surface area contributed by atoms with Gasteiger partial charge in [-0.3, -0.25) is 9.78 Å². The van der Waals surface area contributed by atoms with Gasteiger partial charge in [0.25, 0.3) is 12.3 Å². The average Bonchev–Trinajstić information content (AvgIpc) is 2.89. The summed E-state index contributed by atoms with van der Waals surface area (Å²) < 4.78 is 46.4. The number of halogens is 3. The first-order valence-electron chi connectivity index (χ1n) is 11.8. The minimum Gasteiger partial charge on any atom is -0.490 e. The van der Waals surface area contributed by atoms with Crippen LogP contribution in [0.1, 0.15) is 40.5 Å². The van der Waals surface area contributed by atoms with Gasteiger partial charge in [-0.05, 0) is 73.8 Å². The fourth-order valence-electron chi connectivity index (χ4n) is 3.97. The zero-order valence-corrected chi connectivity index (χ0v) is 19.6. The number of nitrogens with zero attached hydrogens (tertiary/aromatic N) is 2. The zero-order chi connectivity index (χ0) is 25.3. The molecule has 3 aromatic rings. The topological polar surface area (TPSA) is 88.2 Å². The fraction of sp³-hybridized carbons (Fsp3) is 0.346. The summed E-state index contributed by atoms with van der Waals surface area (Å²) >= 11 is 0. The van der Waals surface area contributed by atoms with E-state index in [-0.39, 0.29) is 28.7 Å². The molecule has 3 N–H and O–H groups in total. The van der Waals surface area contributed by atoms with Gasteiger partial charge in [0.15, 0.2) is 6.17 Å². The van der Waals surface area contributed by atoms with E-state index in [4.69, 9.17) is 4.74 Å². The first-order chi connectivity index (χ1) is 17.5. The predicted octanol–water partition coefficient (Wildman–Crippen LogP) is 4.79. The second kappa shape index (κ2) is 12.3. The molecule has 1 fully saturated rings. The molecule has 0 aliphatic carbocycles. The molecule has 1 aliphatic rings. The Morgan fingerprint density at radius 1 is 1.11 bits per heavy atom. The lowest BCUT2D eigenvalue weighted by molar-refractivity contribution is 0.0493. The molecule has 36 heavy (non-hydrogen) atoms. The third-order valence-corrected chi connectivity index (χ3v) is 5.80. The van der Waals surface area contributed by atoms with Gasteiger partial charge in [0, 0.05) is 36.9 Å². The molecule has 0 radical (unpaired) electrons. The van der Waals surface area contributed by atoms with Gasteiger partial charge in [-0.2, -0.15) is 0 Å². The monoisotopic (exact) mass is 499 g/mol. The number of amides is 1. The van der Waals surface area contributed by atoms with Gasteiger partial charge in [0.05, 0.1) is 5.56 Å². The highest BCUT2D eigenvalue weighted by Gasteiger charge is 2.24. The molecule has 10 heteroatoms. The number of nitrogens with one attached hydrogen (secondary N) is 3. The lowest BCUT2D eigenvalue weighted by atomic mass is 10.1. The Bertz CT molecular complexity index is 1140. The number of piperidine rings is 1. The van der Waals surface area contributed by atoms with Gasteiger partial charge < -0.3 is 20.7 Å². The number of carbonyl (C=O) groups is 1. The summed E-state index contributed by atoms with van der Waals surface area (Å²) in [7, 11) is 0. The summed E-state index contributed by atoms with van der Waals surface area (Å²) in [6, 6.07) is 11.0. The molecule has 1 atom stereocenters. The summed E-state index contributed by atoms with van der Waals surface area (Å²) in [4.78, 5) is 21.4. The maximum atomic E-state index is 14.2. The van der Waals surface area contributed by atoms with Crippen molar-refractivity contribution in [2.45, 2.75) is 38.0 Å². The summed E-state index contributed by atoms with van der Waals surface area (Å²) in [5, 5.41) is 9.05. The van der Waals surface area contributed by atoms with Crippen molar-refractivity contribution in [3.05, 3.63) is 77.7 Å². The van der Waals surface area contributed by atoms with Gasteiger partial charge >= 0.3 is 0 Å². The van der Waals surface area contributed by atoms with E-state index in [1.54, 1.807) is 30.7 Å². The van der Waals surface area contributed by atoms with Gasteiger partial charge in [0.2, 0.25) is 0 Å². The third-order valence-electron chi connectivity index (χ3n) is 5.80. The molecule has 7 nitrogen and oxygen atoms in total. The number of pyridine rings is 2. The van der Waals surface area contributed by atoms with Crippen molar-refractivity contribution in [1.82, 2.24) is 15.3 Å². The summed E-state index contributed by atoms with van der Waals surface area (Å²) in [6.07, 6.45) is 1.36. The second-order valence-electron chi connectivity index (χ2n) is 8.49. The zero-order valence-electron chi connectivity index (χ0n) is 19.6. The second-order valence-corrected chi connectivity index (χ2v) is 8.49. The van der Waals surface area contributed by atoms with Crippen molar-refractivity contribution < 1.29 is 22.7 Å². The largest absolute Gasteiger partial charge is 0.490 e. The number of hydrogen-bond acceptors (Lipinski definition) is 6. The van der Waals surface area contributed by atoms with Crippen molar-refractivity contribution in [3.8, 4) is 5.75 Å². The smallest absolute Gasteiger partial charge is 0.273 e. The molecule has 1 saturated heterocycles. The number of alkyl halides is 3. The molecule has 2 aromatic heterocycles. The van der Waals surface area contributed by atoms with Crippen LogP contribution in [0.25, 0.3) is 0 Å². The fourth-order valence-corrected chi connectivity index (χ4v) is 3.97. The highest BCUT2D eigenvalue weighted by atomic mass is 19.3. The maximum Gasteiger partial charge on any atom is 0.273 e. The van der Waals surface area contributed by atoms with E-state index in [2.05, 4.69) is 25.9 Å². The van der Waals surface area contributed by atoms with Gasteiger partial charge in [-0.15, -0.1) is 0 Å². The Morgan fingerprint density at radius 2 is 1.92 bits per heavy atom. The van der Waals surface area contributed by atoms with Crippen LogP contribution in [0.2, 0.25) is 0 Å². The van der Waals surface area contributed by atoms with Crippen LogP contribution in [0.3, 0.4) is 0 Å².